The standard InChI is InChI=1S/C28H29N5O4/c1-18-16-23(31-36-18)25-24(19(2)30-37-25)26(34)33-15-12-28(17-33)10-13-32(14-11-28)27(35)29-22-9-5-7-20-6-3-4-8-21(20)22/h3-9,16H,10-15,17H2,1-2H3,(H,29,35). The van der Waals surface area contributed by atoms with Crippen LogP contribution < -0.4 is 5.32 Å². The Balaban J connectivity index is 1.11. The van der Waals surface area contributed by atoms with Crippen LogP contribution in [-0.4, -0.2) is 58.2 Å². The number of amides is 3. The number of hydrogen-bond donors (Lipinski definition) is 1. The summed E-state index contributed by atoms with van der Waals surface area (Å²) in [7, 11) is 0. The van der Waals surface area contributed by atoms with Crippen LogP contribution in [0, 0.1) is 19.3 Å². The van der Waals surface area contributed by atoms with E-state index >= 15 is 0 Å². The number of hydrogen-bond acceptors (Lipinski definition) is 6. The molecule has 190 valence electrons. The van der Waals surface area contributed by atoms with Gasteiger partial charge in [-0.3, -0.25) is 4.79 Å². The molecule has 1 spiro atoms. The lowest BCUT2D eigenvalue weighted by atomic mass is 9.78. The molecule has 4 heterocycles. The maximum absolute atomic E-state index is 13.5. The van der Waals surface area contributed by atoms with E-state index in [1.807, 2.05) is 52.3 Å². The highest BCUT2D eigenvalue weighted by Gasteiger charge is 2.44. The van der Waals surface area contributed by atoms with E-state index in [2.05, 4.69) is 15.6 Å². The third-order valence-electron chi connectivity index (χ3n) is 7.81. The van der Waals surface area contributed by atoms with E-state index < -0.39 is 0 Å². The van der Waals surface area contributed by atoms with Gasteiger partial charge in [0.15, 0.2) is 5.69 Å². The number of urea groups is 1. The zero-order valence-electron chi connectivity index (χ0n) is 21.0. The van der Waals surface area contributed by atoms with Gasteiger partial charge in [0.05, 0.1) is 11.4 Å². The Labute approximate surface area is 214 Å². The first-order valence-corrected chi connectivity index (χ1v) is 12.7. The van der Waals surface area contributed by atoms with Gasteiger partial charge in [0.1, 0.15) is 11.3 Å². The first kappa shape index (κ1) is 23.3. The van der Waals surface area contributed by atoms with Crippen molar-refractivity contribution in [2.45, 2.75) is 33.1 Å². The molecule has 4 aromatic rings. The van der Waals surface area contributed by atoms with Crippen LogP contribution in [0.3, 0.4) is 0 Å². The molecule has 2 aliphatic heterocycles. The lowest BCUT2D eigenvalue weighted by Gasteiger charge is -2.39. The summed E-state index contributed by atoms with van der Waals surface area (Å²) in [5, 5.41) is 13.3. The maximum Gasteiger partial charge on any atom is 0.321 e. The van der Waals surface area contributed by atoms with Crippen LogP contribution >= 0.6 is 0 Å². The minimum absolute atomic E-state index is 0.0155. The molecule has 0 atom stereocenters. The number of nitrogens with one attached hydrogen (secondary N) is 1. The SMILES string of the molecule is Cc1cc(-c2onc(C)c2C(=O)N2CCC3(CCN(C(=O)Nc4cccc5ccccc45)CC3)C2)no1. The summed E-state index contributed by atoms with van der Waals surface area (Å²) >= 11 is 0. The molecule has 2 aromatic carbocycles. The van der Waals surface area contributed by atoms with Gasteiger partial charge in [0.2, 0.25) is 5.76 Å². The van der Waals surface area contributed by atoms with Gasteiger partial charge in [0, 0.05) is 37.6 Å². The van der Waals surface area contributed by atoms with E-state index in [1.165, 1.54) is 0 Å². The highest BCUT2D eigenvalue weighted by molar-refractivity contribution is 6.02. The van der Waals surface area contributed by atoms with Gasteiger partial charge < -0.3 is 24.2 Å². The number of aryl methyl sites for hydroxylation is 2. The summed E-state index contributed by atoms with van der Waals surface area (Å²) < 4.78 is 10.6. The Hall–Kier alpha value is -4.14. The molecule has 9 nitrogen and oxygen atoms in total. The van der Waals surface area contributed by atoms with Crippen LogP contribution in [0.2, 0.25) is 0 Å². The highest BCUT2D eigenvalue weighted by atomic mass is 16.5. The van der Waals surface area contributed by atoms with E-state index in [4.69, 9.17) is 9.05 Å². The molecule has 0 radical (unpaired) electrons. The number of benzene rings is 2. The zero-order chi connectivity index (χ0) is 25.6. The minimum atomic E-state index is -0.0950. The van der Waals surface area contributed by atoms with Crippen molar-refractivity contribution in [1.29, 1.82) is 0 Å². The second-order valence-corrected chi connectivity index (χ2v) is 10.2. The molecule has 2 aliphatic rings. The molecule has 1 N–H and O–H groups in total. The van der Waals surface area contributed by atoms with Gasteiger partial charge in [-0.1, -0.05) is 46.7 Å². The number of nitrogens with zero attached hydrogens (tertiary/aromatic N) is 4. The van der Waals surface area contributed by atoms with E-state index in [1.54, 1.807) is 19.9 Å². The first-order chi connectivity index (χ1) is 17.9. The molecule has 2 aromatic heterocycles. The number of fused-ring (bicyclic) bond motifs is 1. The predicted molar refractivity (Wildman–Crippen MR) is 138 cm³/mol. The fraction of sp³-hybridized carbons (Fsp3) is 0.357. The van der Waals surface area contributed by atoms with Crippen molar-refractivity contribution in [2.24, 2.45) is 5.41 Å². The summed E-state index contributed by atoms with van der Waals surface area (Å²) in [5.74, 6) is 0.890. The van der Waals surface area contributed by atoms with Crippen molar-refractivity contribution in [3.05, 3.63) is 65.5 Å². The highest BCUT2D eigenvalue weighted by Crippen LogP contribution is 2.41. The molecule has 2 saturated heterocycles. The van der Waals surface area contributed by atoms with Gasteiger partial charge in [-0.15, -0.1) is 0 Å². The average molecular weight is 500 g/mol. The normalized spacial score (nSPS) is 17.0. The van der Waals surface area contributed by atoms with Gasteiger partial charge in [-0.2, -0.15) is 0 Å². The number of rotatable bonds is 3. The number of piperidine rings is 1. The van der Waals surface area contributed by atoms with Crippen molar-refractivity contribution in [1.82, 2.24) is 20.1 Å². The molecular formula is C28H29N5O4. The lowest BCUT2D eigenvalue weighted by Crippen LogP contribution is -2.46. The molecule has 3 amide bonds. The summed E-state index contributed by atoms with van der Waals surface area (Å²) in [6, 6.07) is 15.6. The number of aromatic nitrogens is 2. The molecule has 6 rings (SSSR count). The predicted octanol–water partition coefficient (Wildman–Crippen LogP) is 5.26. The van der Waals surface area contributed by atoms with Crippen LogP contribution in [-0.2, 0) is 0 Å². The first-order valence-electron chi connectivity index (χ1n) is 12.7. The Morgan fingerprint density at radius 2 is 1.65 bits per heavy atom. The zero-order valence-corrected chi connectivity index (χ0v) is 21.0. The average Bonchev–Trinajstić information content (AvgIpc) is 3.63. The minimum Gasteiger partial charge on any atom is -0.361 e. The molecule has 9 heteroatoms. The summed E-state index contributed by atoms with van der Waals surface area (Å²) in [6.45, 7) is 6.21. The smallest absolute Gasteiger partial charge is 0.321 e. The topological polar surface area (TPSA) is 105 Å². The van der Waals surface area contributed by atoms with Crippen LogP contribution in [0.4, 0.5) is 10.5 Å². The molecular weight excluding hydrogens is 470 g/mol. The fourth-order valence-corrected chi connectivity index (χ4v) is 5.66. The van der Waals surface area contributed by atoms with Crippen LogP contribution in [0.25, 0.3) is 22.2 Å². The van der Waals surface area contributed by atoms with E-state index in [0.29, 0.717) is 54.7 Å². The lowest BCUT2D eigenvalue weighted by molar-refractivity contribution is 0.0739. The Morgan fingerprint density at radius 1 is 0.919 bits per heavy atom. The van der Waals surface area contributed by atoms with Crippen molar-refractivity contribution in [3.63, 3.8) is 0 Å². The van der Waals surface area contributed by atoms with Gasteiger partial charge in [0.25, 0.3) is 5.91 Å². The molecule has 37 heavy (non-hydrogen) atoms. The van der Waals surface area contributed by atoms with Crippen molar-refractivity contribution in [2.75, 3.05) is 31.5 Å². The molecule has 0 bridgehead atoms. The van der Waals surface area contributed by atoms with E-state index in [0.717, 1.165) is 35.7 Å². The maximum atomic E-state index is 13.5. The van der Waals surface area contributed by atoms with E-state index in [-0.39, 0.29) is 17.4 Å². The fourth-order valence-electron chi connectivity index (χ4n) is 5.66. The van der Waals surface area contributed by atoms with Crippen molar-refractivity contribution >= 4 is 28.4 Å². The Morgan fingerprint density at radius 3 is 2.41 bits per heavy atom. The van der Waals surface area contributed by atoms with Crippen molar-refractivity contribution in [3.8, 4) is 11.5 Å². The molecule has 0 aliphatic carbocycles. The summed E-state index contributed by atoms with van der Waals surface area (Å²) in [4.78, 5) is 30.4. The second kappa shape index (κ2) is 9.06. The second-order valence-electron chi connectivity index (χ2n) is 10.2. The van der Waals surface area contributed by atoms with Crippen LogP contribution in [0.1, 0.15) is 41.1 Å². The third kappa shape index (κ3) is 4.24. The van der Waals surface area contributed by atoms with Gasteiger partial charge in [-0.05, 0) is 50.0 Å². The number of carbonyl (C=O) groups excluding carboxylic acids is 2. The summed E-state index contributed by atoms with van der Waals surface area (Å²) in [5.41, 5.74) is 2.30. The van der Waals surface area contributed by atoms with Crippen LogP contribution in [0.15, 0.2) is 57.6 Å². The molecule has 0 unspecified atom stereocenters. The van der Waals surface area contributed by atoms with E-state index in [9.17, 15) is 9.59 Å². The quantitative estimate of drug-likeness (QED) is 0.412. The Bertz CT molecular complexity index is 1480. The monoisotopic (exact) mass is 499 g/mol. The van der Waals surface area contributed by atoms with Gasteiger partial charge in [-0.25, -0.2) is 4.79 Å². The molecule has 2 fully saturated rings. The Kier molecular flexibility index (Phi) is 5.70. The molecule has 0 saturated carbocycles. The summed E-state index contributed by atoms with van der Waals surface area (Å²) in [6.07, 6.45) is 2.63. The number of likely N-dealkylation sites (tertiary alicyclic amines) is 2. The van der Waals surface area contributed by atoms with Gasteiger partial charge >= 0.3 is 6.03 Å². The number of carbonyl (C=O) groups is 2. The number of anilines is 1. The van der Waals surface area contributed by atoms with Crippen LogP contribution in [0.5, 0.6) is 0 Å². The third-order valence-corrected chi connectivity index (χ3v) is 7.81. The largest absolute Gasteiger partial charge is 0.361 e. The van der Waals surface area contributed by atoms with Crippen molar-refractivity contribution < 1.29 is 18.6 Å².